The largest absolute Gasteiger partial charge is 0.358 e. The van der Waals surface area contributed by atoms with E-state index >= 15 is 0 Å². The van der Waals surface area contributed by atoms with Crippen LogP contribution in [0.25, 0.3) is 44.6 Å². The molecule has 190 valence electrons. The average Bonchev–Trinajstić information content (AvgIpc) is 3.65. The molecule has 0 bridgehead atoms. The number of rotatable bonds is 9. The van der Waals surface area contributed by atoms with Gasteiger partial charge in [-0.05, 0) is 67.8 Å². The maximum Gasteiger partial charge on any atom is 0.116 e. The Labute approximate surface area is 227 Å². The predicted octanol–water partition coefficient (Wildman–Crippen LogP) is 8.98. The molecule has 6 heteroatoms. The summed E-state index contributed by atoms with van der Waals surface area (Å²) in [4.78, 5) is 10.4. The highest BCUT2D eigenvalue weighted by Crippen LogP contribution is 2.37. The number of anilines is 1. The maximum atomic E-state index is 4.68. The fourth-order valence-electron chi connectivity index (χ4n) is 4.46. The standard InChI is InChI=1S/C32H31N5S/c1-7-9-25(31-13-12-30(38-31)19(3)4)26-16-29(35-21(26)6)32-27-15-22(10-11-28(27)36-37-32)23-14-24(18-33-17-23)34-20(5)8-2/h7,9-18,34-35H,1,3,5,8H2,2,4,6H3,(H,36,37)/b25-9+. The lowest BCUT2D eigenvalue weighted by molar-refractivity contribution is 1.11. The molecule has 0 amide bonds. The van der Waals surface area contributed by atoms with E-state index in [1.165, 1.54) is 9.75 Å². The molecule has 0 atom stereocenters. The molecule has 4 aromatic heterocycles. The number of hydrogen-bond acceptors (Lipinski definition) is 4. The number of hydrogen-bond donors (Lipinski definition) is 3. The van der Waals surface area contributed by atoms with Gasteiger partial charge in [0, 0.05) is 49.4 Å². The highest BCUT2D eigenvalue weighted by molar-refractivity contribution is 7.14. The van der Waals surface area contributed by atoms with Gasteiger partial charge in [0.2, 0.25) is 0 Å². The minimum Gasteiger partial charge on any atom is -0.358 e. The van der Waals surface area contributed by atoms with E-state index in [2.05, 4.69) is 108 Å². The summed E-state index contributed by atoms with van der Waals surface area (Å²) in [5.41, 5.74) is 11.2. The lowest BCUT2D eigenvalue weighted by Gasteiger charge is -2.09. The number of pyridine rings is 1. The molecule has 3 N–H and O–H groups in total. The van der Waals surface area contributed by atoms with Crippen LogP contribution >= 0.6 is 11.3 Å². The lowest BCUT2D eigenvalue weighted by atomic mass is 10.0. The van der Waals surface area contributed by atoms with Gasteiger partial charge in [-0.3, -0.25) is 10.1 Å². The lowest BCUT2D eigenvalue weighted by Crippen LogP contribution is -1.97. The van der Waals surface area contributed by atoms with Crippen LogP contribution in [0.5, 0.6) is 0 Å². The van der Waals surface area contributed by atoms with E-state index in [9.17, 15) is 0 Å². The van der Waals surface area contributed by atoms with Crippen LogP contribution in [-0.2, 0) is 0 Å². The molecule has 0 saturated heterocycles. The molecule has 0 saturated carbocycles. The third-order valence-corrected chi connectivity index (χ3v) is 7.80. The number of nitrogens with one attached hydrogen (secondary N) is 3. The molecule has 0 spiro atoms. The number of aromatic amines is 2. The van der Waals surface area contributed by atoms with Crippen molar-refractivity contribution >= 4 is 39.1 Å². The number of benzene rings is 1. The molecular weight excluding hydrogens is 486 g/mol. The molecular formula is C32H31N5S. The molecule has 5 nitrogen and oxygen atoms in total. The van der Waals surface area contributed by atoms with Crippen molar-refractivity contribution in [3.05, 3.63) is 113 Å². The van der Waals surface area contributed by atoms with Crippen LogP contribution in [0.1, 0.15) is 41.3 Å². The third-order valence-electron chi connectivity index (χ3n) is 6.52. The molecule has 0 aliphatic carbocycles. The van der Waals surface area contributed by atoms with Crippen molar-refractivity contribution in [1.82, 2.24) is 20.2 Å². The van der Waals surface area contributed by atoms with Gasteiger partial charge >= 0.3 is 0 Å². The zero-order chi connectivity index (χ0) is 26.8. The second-order valence-corrected chi connectivity index (χ2v) is 10.4. The number of aryl methyl sites for hydroxylation is 1. The topological polar surface area (TPSA) is 69.4 Å². The van der Waals surface area contributed by atoms with Gasteiger partial charge < -0.3 is 10.3 Å². The first-order chi connectivity index (χ1) is 18.4. The first kappa shape index (κ1) is 25.2. The van der Waals surface area contributed by atoms with Gasteiger partial charge in [0.1, 0.15) is 5.69 Å². The first-order valence-electron chi connectivity index (χ1n) is 12.6. The number of fused-ring (bicyclic) bond motifs is 1. The van der Waals surface area contributed by atoms with Crippen molar-refractivity contribution in [3.8, 4) is 22.5 Å². The smallest absolute Gasteiger partial charge is 0.116 e. The Hall–Kier alpha value is -4.42. The van der Waals surface area contributed by atoms with Crippen molar-refractivity contribution in [2.24, 2.45) is 0 Å². The van der Waals surface area contributed by atoms with Crippen LogP contribution in [0.15, 0.2) is 92.4 Å². The van der Waals surface area contributed by atoms with Crippen LogP contribution in [0, 0.1) is 6.92 Å². The summed E-state index contributed by atoms with van der Waals surface area (Å²) < 4.78 is 0. The van der Waals surface area contributed by atoms with E-state index in [4.69, 9.17) is 0 Å². The number of thiophene rings is 1. The predicted molar refractivity (Wildman–Crippen MR) is 163 cm³/mol. The highest BCUT2D eigenvalue weighted by Gasteiger charge is 2.17. The fourth-order valence-corrected chi connectivity index (χ4v) is 5.43. The van der Waals surface area contributed by atoms with E-state index in [1.54, 1.807) is 11.3 Å². The molecule has 5 rings (SSSR count). The molecule has 0 aliphatic heterocycles. The first-order valence-corrected chi connectivity index (χ1v) is 13.4. The molecule has 0 aliphatic rings. The zero-order valence-electron chi connectivity index (χ0n) is 22.0. The Morgan fingerprint density at radius 2 is 1.87 bits per heavy atom. The van der Waals surface area contributed by atoms with E-state index in [1.807, 2.05) is 25.4 Å². The normalized spacial score (nSPS) is 11.6. The number of nitrogens with zero attached hydrogens (tertiary/aromatic N) is 2. The van der Waals surface area contributed by atoms with Gasteiger partial charge in [-0.1, -0.05) is 44.9 Å². The van der Waals surface area contributed by atoms with Crippen LogP contribution in [0.4, 0.5) is 5.69 Å². The molecule has 4 heterocycles. The Kier molecular flexibility index (Phi) is 6.99. The van der Waals surface area contributed by atoms with Gasteiger partial charge in [0.15, 0.2) is 0 Å². The van der Waals surface area contributed by atoms with E-state index in [0.717, 1.165) is 73.6 Å². The SMILES string of the molecule is C=C/C=C(/c1ccc(C(=C)C)s1)c1cc(-c2n[nH]c3ccc(-c4cncc(NC(=C)CC)c4)cc23)[nH]c1C. The van der Waals surface area contributed by atoms with Gasteiger partial charge in [0.05, 0.1) is 23.1 Å². The number of H-pyrrole nitrogens is 2. The number of aromatic nitrogens is 4. The van der Waals surface area contributed by atoms with Gasteiger partial charge in [-0.15, -0.1) is 11.3 Å². The molecule has 1 aromatic carbocycles. The van der Waals surface area contributed by atoms with Gasteiger partial charge in [-0.25, -0.2) is 0 Å². The van der Waals surface area contributed by atoms with Crippen molar-refractivity contribution in [1.29, 1.82) is 0 Å². The molecule has 0 fully saturated rings. The van der Waals surface area contributed by atoms with Crippen LogP contribution in [-0.4, -0.2) is 20.2 Å². The highest BCUT2D eigenvalue weighted by atomic mass is 32.1. The second kappa shape index (κ2) is 10.5. The van der Waals surface area contributed by atoms with E-state index in [-0.39, 0.29) is 0 Å². The van der Waals surface area contributed by atoms with Crippen LogP contribution < -0.4 is 5.32 Å². The fraction of sp³-hybridized carbons (Fsp3) is 0.125. The second-order valence-electron chi connectivity index (χ2n) is 9.36. The summed E-state index contributed by atoms with van der Waals surface area (Å²) in [5, 5.41) is 12.2. The summed E-state index contributed by atoms with van der Waals surface area (Å²) in [5.74, 6) is 0. The maximum absolute atomic E-state index is 4.68. The Balaban J connectivity index is 1.54. The van der Waals surface area contributed by atoms with Crippen LogP contribution in [0.2, 0.25) is 0 Å². The Bertz CT molecular complexity index is 1710. The van der Waals surface area contributed by atoms with Crippen molar-refractivity contribution in [3.63, 3.8) is 0 Å². The average molecular weight is 518 g/mol. The summed E-state index contributed by atoms with van der Waals surface area (Å²) in [6.07, 6.45) is 8.46. The van der Waals surface area contributed by atoms with Crippen molar-refractivity contribution in [2.45, 2.75) is 27.2 Å². The quantitative estimate of drug-likeness (QED) is 0.171. The minimum absolute atomic E-state index is 0.858. The Morgan fingerprint density at radius 3 is 2.61 bits per heavy atom. The Morgan fingerprint density at radius 1 is 1.05 bits per heavy atom. The van der Waals surface area contributed by atoms with Crippen molar-refractivity contribution in [2.75, 3.05) is 5.32 Å². The summed E-state index contributed by atoms with van der Waals surface area (Å²) >= 11 is 1.74. The summed E-state index contributed by atoms with van der Waals surface area (Å²) in [7, 11) is 0. The van der Waals surface area contributed by atoms with E-state index in [0.29, 0.717) is 0 Å². The van der Waals surface area contributed by atoms with Crippen LogP contribution in [0.3, 0.4) is 0 Å². The molecule has 5 aromatic rings. The molecule has 0 unspecified atom stereocenters. The minimum atomic E-state index is 0.858. The molecule has 38 heavy (non-hydrogen) atoms. The van der Waals surface area contributed by atoms with E-state index < -0.39 is 0 Å². The molecule has 0 radical (unpaired) electrons. The van der Waals surface area contributed by atoms with Gasteiger partial charge in [-0.2, -0.15) is 5.10 Å². The van der Waals surface area contributed by atoms with Crippen molar-refractivity contribution < 1.29 is 0 Å². The zero-order valence-corrected chi connectivity index (χ0v) is 22.8. The summed E-state index contributed by atoms with van der Waals surface area (Å²) in [6, 6.07) is 14.9. The summed E-state index contributed by atoms with van der Waals surface area (Å²) in [6.45, 7) is 18.3. The monoisotopic (exact) mass is 517 g/mol. The third kappa shape index (κ3) is 4.91. The van der Waals surface area contributed by atoms with Gasteiger partial charge in [0.25, 0.3) is 0 Å². The number of allylic oxidation sites excluding steroid dienone is 4.